The molecule has 0 fully saturated rings. The highest BCUT2D eigenvalue weighted by Gasteiger charge is 2.10. The van der Waals surface area contributed by atoms with Crippen molar-refractivity contribution in [2.75, 3.05) is 0 Å². The van der Waals surface area contributed by atoms with Gasteiger partial charge in [0, 0.05) is 18.0 Å². The van der Waals surface area contributed by atoms with Crippen LogP contribution in [0.3, 0.4) is 0 Å². The van der Waals surface area contributed by atoms with E-state index < -0.39 is 5.91 Å². The highest BCUT2D eigenvalue weighted by molar-refractivity contribution is 5.92. The number of hydrazone groups is 1. The van der Waals surface area contributed by atoms with Gasteiger partial charge in [-0.05, 0) is 42.3 Å². The minimum Gasteiger partial charge on any atom is -0.486 e. The summed E-state index contributed by atoms with van der Waals surface area (Å²) in [5.41, 5.74) is 4.49. The molecule has 0 spiro atoms. The Morgan fingerprint density at radius 2 is 2.07 bits per heavy atom. The van der Waals surface area contributed by atoms with Gasteiger partial charge in [0.25, 0.3) is 0 Å². The number of ether oxygens (including phenoxy) is 1. The van der Waals surface area contributed by atoms with Crippen molar-refractivity contribution in [1.82, 2.24) is 10.4 Å². The molecule has 3 rings (SSSR count). The Labute approximate surface area is 157 Å². The monoisotopic (exact) mass is 363 g/mol. The van der Waals surface area contributed by atoms with Crippen LogP contribution in [-0.2, 0) is 13.0 Å². The molecule has 2 aromatic heterocycles. The van der Waals surface area contributed by atoms with Crippen LogP contribution in [0.4, 0.5) is 0 Å². The van der Waals surface area contributed by atoms with Crippen LogP contribution >= 0.6 is 0 Å². The first-order valence-corrected chi connectivity index (χ1v) is 8.78. The van der Waals surface area contributed by atoms with E-state index >= 15 is 0 Å². The molecule has 138 valence electrons. The van der Waals surface area contributed by atoms with E-state index in [0.717, 1.165) is 24.2 Å². The predicted octanol–water partition coefficient (Wildman–Crippen LogP) is 3.97. The molecule has 0 saturated carbocycles. The molecule has 0 radical (unpaired) electrons. The third kappa shape index (κ3) is 5.54. The van der Waals surface area contributed by atoms with Crippen molar-refractivity contribution in [1.29, 1.82) is 0 Å². The summed E-state index contributed by atoms with van der Waals surface area (Å²) in [6.45, 7) is 2.40. The first-order valence-electron chi connectivity index (χ1n) is 8.78. The first kappa shape index (κ1) is 18.4. The van der Waals surface area contributed by atoms with E-state index in [-0.39, 0.29) is 12.4 Å². The number of carbonyl (C=O) groups excluding carboxylic acids is 1. The summed E-state index contributed by atoms with van der Waals surface area (Å²) in [5.74, 6) is 1.08. The fourth-order valence-corrected chi connectivity index (χ4v) is 2.45. The highest BCUT2D eigenvalue weighted by atomic mass is 16.5. The van der Waals surface area contributed by atoms with Gasteiger partial charge in [0.2, 0.25) is 0 Å². The summed E-state index contributed by atoms with van der Waals surface area (Å²) in [5, 5.41) is 3.89. The molecule has 3 aromatic rings. The minimum absolute atomic E-state index is 0.176. The number of benzene rings is 1. The van der Waals surface area contributed by atoms with Crippen LogP contribution in [0.5, 0.6) is 5.75 Å². The molecule has 0 atom stereocenters. The molecule has 0 unspecified atom stereocenters. The standard InChI is InChI=1S/C21H21N3O3/c1-2-4-16-6-8-18(9-7-16)26-15-19-10-11-20(27-19)21(25)24-23-14-17-5-3-12-22-13-17/h3,5-14H,2,4,15H2,1H3,(H,24,25)/b23-14+. The van der Waals surface area contributed by atoms with Crippen molar-refractivity contribution in [2.45, 2.75) is 26.4 Å². The van der Waals surface area contributed by atoms with Crippen molar-refractivity contribution in [3.63, 3.8) is 0 Å². The molecule has 0 aliphatic rings. The lowest BCUT2D eigenvalue weighted by Gasteiger charge is -2.05. The lowest BCUT2D eigenvalue weighted by molar-refractivity contribution is 0.0923. The summed E-state index contributed by atoms with van der Waals surface area (Å²) in [6.07, 6.45) is 7.00. The van der Waals surface area contributed by atoms with Crippen molar-refractivity contribution in [3.8, 4) is 5.75 Å². The number of aryl methyl sites for hydroxylation is 1. The third-order valence-corrected chi connectivity index (χ3v) is 3.79. The molecule has 1 amide bonds. The first-order chi connectivity index (χ1) is 13.2. The molecule has 2 heterocycles. The Morgan fingerprint density at radius 3 is 2.81 bits per heavy atom. The van der Waals surface area contributed by atoms with Crippen LogP contribution in [0.25, 0.3) is 0 Å². The van der Waals surface area contributed by atoms with Crippen molar-refractivity contribution in [2.24, 2.45) is 5.10 Å². The van der Waals surface area contributed by atoms with Gasteiger partial charge < -0.3 is 9.15 Å². The molecule has 0 bridgehead atoms. The lowest BCUT2D eigenvalue weighted by Crippen LogP contribution is -2.16. The van der Waals surface area contributed by atoms with Gasteiger partial charge in [-0.15, -0.1) is 0 Å². The van der Waals surface area contributed by atoms with E-state index in [9.17, 15) is 4.79 Å². The second kappa shape index (κ2) is 9.33. The van der Waals surface area contributed by atoms with Crippen molar-refractivity contribution < 1.29 is 13.9 Å². The fraction of sp³-hybridized carbons (Fsp3) is 0.190. The zero-order valence-corrected chi connectivity index (χ0v) is 15.1. The number of hydrogen-bond acceptors (Lipinski definition) is 5. The van der Waals surface area contributed by atoms with Gasteiger partial charge in [-0.25, -0.2) is 5.43 Å². The molecular formula is C21H21N3O3. The van der Waals surface area contributed by atoms with Gasteiger partial charge in [-0.2, -0.15) is 5.10 Å². The maximum atomic E-state index is 12.0. The lowest BCUT2D eigenvalue weighted by atomic mass is 10.1. The molecule has 0 aliphatic carbocycles. The van der Waals surface area contributed by atoms with E-state index in [1.165, 1.54) is 11.8 Å². The SMILES string of the molecule is CCCc1ccc(OCc2ccc(C(=O)N/N=C/c3cccnc3)o2)cc1. The maximum Gasteiger partial charge on any atom is 0.307 e. The Kier molecular flexibility index (Phi) is 6.35. The van der Waals surface area contributed by atoms with Gasteiger partial charge in [0.1, 0.15) is 18.1 Å². The summed E-state index contributed by atoms with van der Waals surface area (Å²) < 4.78 is 11.2. The van der Waals surface area contributed by atoms with E-state index in [4.69, 9.17) is 9.15 Å². The second-order valence-corrected chi connectivity index (χ2v) is 5.93. The van der Waals surface area contributed by atoms with Crippen LogP contribution in [0.15, 0.2) is 70.4 Å². The summed E-state index contributed by atoms with van der Waals surface area (Å²) in [7, 11) is 0. The number of nitrogens with zero attached hydrogens (tertiary/aromatic N) is 2. The summed E-state index contributed by atoms with van der Waals surface area (Å²) in [6, 6.07) is 14.9. The average Bonchev–Trinajstić information content (AvgIpc) is 3.18. The van der Waals surface area contributed by atoms with E-state index in [0.29, 0.717) is 5.76 Å². The number of hydrogen-bond donors (Lipinski definition) is 1. The van der Waals surface area contributed by atoms with Crippen LogP contribution in [0.1, 0.15) is 40.8 Å². The number of aromatic nitrogens is 1. The Hall–Kier alpha value is -3.41. The highest BCUT2D eigenvalue weighted by Crippen LogP contribution is 2.16. The van der Waals surface area contributed by atoms with Crippen LogP contribution in [0.2, 0.25) is 0 Å². The van der Waals surface area contributed by atoms with E-state index in [1.54, 1.807) is 30.6 Å². The maximum absolute atomic E-state index is 12.0. The fourth-order valence-electron chi connectivity index (χ4n) is 2.45. The molecule has 27 heavy (non-hydrogen) atoms. The van der Waals surface area contributed by atoms with Crippen LogP contribution in [0, 0.1) is 0 Å². The second-order valence-electron chi connectivity index (χ2n) is 5.93. The molecular weight excluding hydrogens is 342 g/mol. The van der Waals surface area contributed by atoms with Gasteiger partial charge in [0.05, 0.1) is 6.21 Å². The summed E-state index contributed by atoms with van der Waals surface area (Å²) in [4.78, 5) is 16.0. The molecule has 6 heteroatoms. The molecule has 0 aliphatic heterocycles. The number of carbonyl (C=O) groups is 1. The number of rotatable bonds is 8. The van der Waals surface area contributed by atoms with Crippen LogP contribution < -0.4 is 10.2 Å². The average molecular weight is 363 g/mol. The molecule has 1 aromatic carbocycles. The molecule has 0 saturated heterocycles. The van der Waals surface area contributed by atoms with E-state index in [1.807, 2.05) is 18.2 Å². The van der Waals surface area contributed by atoms with Gasteiger partial charge in [-0.1, -0.05) is 31.5 Å². The topological polar surface area (TPSA) is 76.7 Å². The number of pyridine rings is 1. The van der Waals surface area contributed by atoms with Gasteiger partial charge in [0.15, 0.2) is 5.76 Å². The molecule has 1 N–H and O–H groups in total. The quantitative estimate of drug-likeness (QED) is 0.485. The Morgan fingerprint density at radius 1 is 1.22 bits per heavy atom. The van der Waals surface area contributed by atoms with Crippen molar-refractivity contribution in [3.05, 3.63) is 83.6 Å². The predicted molar refractivity (Wildman–Crippen MR) is 103 cm³/mol. The van der Waals surface area contributed by atoms with Crippen LogP contribution in [-0.4, -0.2) is 17.1 Å². The molecule has 6 nitrogen and oxygen atoms in total. The number of amides is 1. The van der Waals surface area contributed by atoms with Gasteiger partial charge >= 0.3 is 5.91 Å². The number of furan rings is 1. The number of nitrogens with one attached hydrogen (secondary N) is 1. The minimum atomic E-state index is -0.426. The Bertz CT molecular complexity index is 887. The third-order valence-electron chi connectivity index (χ3n) is 3.79. The zero-order chi connectivity index (χ0) is 18.9. The summed E-state index contributed by atoms with van der Waals surface area (Å²) >= 11 is 0. The smallest absolute Gasteiger partial charge is 0.307 e. The largest absolute Gasteiger partial charge is 0.486 e. The van der Waals surface area contributed by atoms with Crippen molar-refractivity contribution >= 4 is 12.1 Å². The normalized spacial score (nSPS) is 10.9. The van der Waals surface area contributed by atoms with E-state index in [2.05, 4.69) is 34.6 Å². The Balaban J connectivity index is 1.50. The zero-order valence-electron chi connectivity index (χ0n) is 15.1. The van der Waals surface area contributed by atoms with Gasteiger partial charge in [-0.3, -0.25) is 9.78 Å².